The summed E-state index contributed by atoms with van der Waals surface area (Å²) in [5, 5.41) is 12.2. The standard InChI is InChI=1S/C12H18N2O3/c1-12(2,13)7-11(16)14-9-6-8(17-3)4-5-10(9)15/h4-6,15H,7,13H2,1-3H3,(H,14,16). The summed E-state index contributed by atoms with van der Waals surface area (Å²) in [4.78, 5) is 11.6. The molecular weight excluding hydrogens is 220 g/mol. The number of hydrogen-bond acceptors (Lipinski definition) is 4. The Bertz CT molecular complexity index is 411. The number of amides is 1. The van der Waals surface area contributed by atoms with Crippen LogP contribution in [0.15, 0.2) is 18.2 Å². The summed E-state index contributed by atoms with van der Waals surface area (Å²) in [6.45, 7) is 3.52. The van der Waals surface area contributed by atoms with E-state index in [9.17, 15) is 9.90 Å². The van der Waals surface area contributed by atoms with Crippen molar-refractivity contribution in [3.63, 3.8) is 0 Å². The maximum Gasteiger partial charge on any atom is 0.226 e. The zero-order valence-corrected chi connectivity index (χ0v) is 10.3. The van der Waals surface area contributed by atoms with Crippen LogP contribution in [0.1, 0.15) is 20.3 Å². The summed E-state index contributed by atoms with van der Waals surface area (Å²) in [6.07, 6.45) is 0.170. The molecule has 1 aromatic carbocycles. The second-order valence-electron chi connectivity index (χ2n) is 4.60. The van der Waals surface area contributed by atoms with E-state index < -0.39 is 5.54 Å². The van der Waals surface area contributed by atoms with Gasteiger partial charge in [-0.3, -0.25) is 4.79 Å². The van der Waals surface area contributed by atoms with E-state index in [1.54, 1.807) is 26.0 Å². The van der Waals surface area contributed by atoms with Crippen LogP contribution in [0.4, 0.5) is 5.69 Å². The van der Waals surface area contributed by atoms with Crippen LogP contribution < -0.4 is 15.8 Å². The molecule has 0 aliphatic carbocycles. The lowest BCUT2D eigenvalue weighted by Crippen LogP contribution is -2.36. The SMILES string of the molecule is COc1ccc(O)c(NC(=O)CC(C)(C)N)c1. The number of methoxy groups -OCH3 is 1. The first kappa shape index (κ1) is 13.3. The molecule has 1 aromatic rings. The number of aromatic hydroxyl groups is 1. The molecule has 0 unspecified atom stereocenters. The van der Waals surface area contributed by atoms with Crippen molar-refractivity contribution in [2.45, 2.75) is 25.8 Å². The minimum absolute atomic E-state index is 0.00558. The Morgan fingerprint density at radius 3 is 2.71 bits per heavy atom. The fourth-order valence-electron chi connectivity index (χ4n) is 1.35. The molecule has 0 aliphatic heterocycles. The minimum Gasteiger partial charge on any atom is -0.506 e. The lowest BCUT2D eigenvalue weighted by atomic mass is 10.0. The molecular formula is C12H18N2O3. The minimum atomic E-state index is -0.585. The molecule has 0 saturated heterocycles. The van der Waals surface area contributed by atoms with E-state index in [0.717, 1.165) is 0 Å². The maximum absolute atomic E-state index is 11.6. The van der Waals surface area contributed by atoms with Crippen LogP contribution in [-0.2, 0) is 4.79 Å². The molecule has 4 N–H and O–H groups in total. The van der Waals surface area contributed by atoms with Gasteiger partial charge in [-0.2, -0.15) is 0 Å². The highest BCUT2D eigenvalue weighted by atomic mass is 16.5. The van der Waals surface area contributed by atoms with Crippen LogP contribution >= 0.6 is 0 Å². The van der Waals surface area contributed by atoms with Gasteiger partial charge in [-0.1, -0.05) is 0 Å². The summed E-state index contributed by atoms with van der Waals surface area (Å²) in [6, 6.07) is 4.62. The van der Waals surface area contributed by atoms with E-state index in [1.165, 1.54) is 13.2 Å². The Hall–Kier alpha value is -1.75. The van der Waals surface area contributed by atoms with Gasteiger partial charge in [-0.05, 0) is 26.0 Å². The third kappa shape index (κ3) is 4.32. The van der Waals surface area contributed by atoms with Crippen molar-refractivity contribution >= 4 is 11.6 Å². The highest BCUT2D eigenvalue weighted by molar-refractivity contribution is 5.93. The van der Waals surface area contributed by atoms with Crippen molar-refractivity contribution in [2.75, 3.05) is 12.4 Å². The van der Waals surface area contributed by atoms with Crippen molar-refractivity contribution in [3.8, 4) is 11.5 Å². The molecule has 0 heterocycles. The lowest BCUT2D eigenvalue weighted by molar-refractivity contribution is -0.117. The summed E-state index contributed by atoms with van der Waals surface area (Å²) < 4.78 is 5.01. The second-order valence-corrected chi connectivity index (χ2v) is 4.60. The largest absolute Gasteiger partial charge is 0.506 e. The highest BCUT2D eigenvalue weighted by Gasteiger charge is 2.17. The van der Waals surface area contributed by atoms with Crippen LogP contribution in [0.2, 0.25) is 0 Å². The molecule has 5 heteroatoms. The van der Waals surface area contributed by atoms with Gasteiger partial charge in [0.1, 0.15) is 11.5 Å². The molecule has 94 valence electrons. The van der Waals surface area contributed by atoms with Crippen LogP contribution in [0.5, 0.6) is 11.5 Å². The van der Waals surface area contributed by atoms with Gasteiger partial charge in [-0.25, -0.2) is 0 Å². The number of carbonyl (C=O) groups is 1. The van der Waals surface area contributed by atoms with Gasteiger partial charge in [-0.15, -0.1) is 0 Å². The highest BCUT2D eigenvalue weighted by Crippen LogP contribution is 2.28. The Morgan fingerprint density at radius 1 is 1.53 bits per heavy atom. The van der Waals surface area contributed by atoms with E-state index >= 15 is 0 Å². The van der Waals surface area contributed by atoms with Gasteiger partial charge in [0, 0.05) is 18.0 Å². The Kier molecular flexibility index (Phi) is 3.96. The molecule has 0 saturated carbocycles. The quantitative estimate of drug-likeness (QED) is 0.693. The van der Waals surface area contributed by atoms with Crippen molar-refractivity contribution < 1.29 is 14.6 Å². The average Bonchev–Trinajstić information content (AvgIpc) is 2.18. The van der Waals surface area contributed by atoms with Gasteiger partial charge in [0.15, 0.2) is 0 Å². The number of anilines is 1. The number of phenols is 1. The molecule has 1 rings (SSSR count). The van der Waals surface area contributed by atoms with E-state index in [-0.39, 0.29) is 18.1 Å². The number of hydrogen-bond donors (Lipinski definition) is 3. The Labute approximate surface area is 101 Å². The van der Waals surface area contributed by atoms with Gasteiger partial charge in [0.05, 0.1) is 12.8 Å². The summed E-state index contributed by atoms with van der Waals surface area (Å²) in [5.74, 6) is 0.306. The predicted molar refractivity (Wildman–Crippen MR) is 66.2 cm³/mol. The molecule has 0 fully saturated rings. The molecule has 0 radical (unpaired) electrons. The fourth-order valence-corrected chi connectivity index (χ4v) is 1.35. The van der Waals surface area contributed by atoms with Crippen LogP contribution in [0, 0.1) is 0 Å². The summed E-state index contributed by atoms with van der Waals surface area (Å²) in [7, 11) is 1.51. The van der Waals surface area contributed by atoms with E-state index in [1.807, 2.05) is 0 Å². The monoisotopic (exact) mass is 238 g/mol. The van der Waals surface area contributed by atoms with Crippen LogP contribution in [0.3, 0.4) is 0 Å². The number of ether oxygens (including phenoxy) is 1. The molecule has 0 spiro atoms. The van der Waals surface area contributed by atoms with Crippen molar-refractivity contribution in [1.29, 1.82) is 0 Å². The Morgan fingerprint density at radius 2 is 2.18 bits per heavy atom. The molecule has 0 bridgehead atoms. The number of rotatable bonds is 4. The second kappa shape index (κ2) is 5.05. The average molecular weight is 238 g/mol. The first-order valence-electron chi connectivity index (χ1n) is 5.27. The van der Waals surface area contributed by atoms with Crippen molar-refractivity contribution in [3.05, 3.63) is 18.2 Å². The first-order chi connectivity index (χ1) is 7.81. The third-order valence-electron chi connectivity index (χ3n) is 2.09. The van der Waals surface area contributed by atoms with E-state index in [0.29, 0.717) is 11.4 Å². The van der Waals surface area contributed by atoms with Gasteiger partial charge in [0.25, 0.3) is 0 Å². The molecule has 5 nitrogen and oxygen atoms in total. The van der Waals surface area contributed by atoms with E-state index in [2.05, 4.69) is 5.32 Å². The number of carbonyl (C=O) groups excluding carboxylic acids is 1. The van der Waals surface area contributed by atoms with Crippen molar-refractivity contribution in [2.24, 2.45) is 5.73 Å². The molecule has 1 amide bonds. The Balaban J connectivity index is 2.77. The number of phenolic OH excluding ortho intramolecular Hbond substituents is 1. The molecule has 0 aliphatic rings. The number of nitrogens with two attached hydrogens (primary N) is 1. The zero-order chi connectivity index (χ0) is 13.1. The zero-order valence-electron chi connectivity index (χ0n) is 10.3. The topological polar surface area (TPSA) is 84.6 Å². The molecule has 17 heavy (non-hydrogen) atoms. The number of nitrogens with one attached hydrogen (secondary N) is 1. The van der Waals surface area contributed by atoms with E-state index in [4.69, 9.17) is 10.5 Å². The third-order valence-corrected chi connectivity index (χ3v) is 2.09. The van der Waals surface area contributed by atoms with Crippen molar-refractivity contribution in [1.82, 2.24) is 0 Å². The molecule has 0 aromatic heterocycles. The van der Waals surface area contributed by atoms with Gasteiger partial charge >= 0.3 is 0 Å². The fraction of sp³-hybridized carbons (Fsp3) is 0.417. The lowest BCUT2D eigenvalue weighted by Gasteiger charge is -2.18. The smallest absolute Gasteiger partial charge is 0.226 e. The first-order valence-corrected chi connectivity index (χ1v) is 5.27. The normalized spacial score (nSPS) is 11.1. The van der Waals surface area contributed by atoms with Gasteiger partial charge in [0.2, 0.25) is 5.91 Å². The summed E-state index contributed by atoms with van der Waals surface area (Å²) >= 11 is 0. The molecule has 0 atom stereocenters. The predicted octanol–water partition coefficient (Wildman–Crippen LogP) is 1.47. The maximum atomic E-state index is 11.6. The summed E-state index contributed by atoms with van der Waals surface area (Å²) in [5.41, 5.74) is 5.47. The van der Waals surface area contributed by atoms with Crippen LogP contribution in [0.25, 0.3) is 0 Å². The van der Waals surface area contributed by atoms with Crippen LogP contribution in [-0.4, -0.2) is 23.7 Å². The van der Waals surface area contributed by atoms with Gasteiger partial charge < -0.3 is 20.9 Å². The number of benzene rings is 1.